The Labute approximate surface area is 73.9 Å². The van der Waals surface area contributed by atoms with Crippen LogP contribution in [-0.4, -0.2) is 15.1 Å². The third kappa shape index (κ3) is 1.12. The smallest absolute Gasteiger partial charge is 0.207 e. The molecular formula is C9H8N2O2. The minimum atomic E-state index is 0.110. The lowest BCUT2D eigenvalue weighted by molar-refractivity contribution is 0.170. The minimum Gasteiger partial charge on any atom is -0.426 e. The number of para-hydroxylation sites is 1. The van der Waals surface area contributed by atoms with Gasteiger partial charge in [-0.15, -0.1) is 0 Å². The zero-order valence-electron chi connectivity index (χ0n) is 6.75. The lowest BCUT2D eigenvalue weighted by atomic mass is 10.2. The van der Waals surface area contributed by atoms with E-state index in [1.807, 2.05) is 12.1 Å². The first-order valence-electron chi connectivity index (χ1n) is 3.81. The molecule has 0 amide bonds. The average Bonchev–Trinajstić information content (AvgIpc) is 2.19. The van der Waals surface area contributed by atoms with Crippen LogP contribution in [0.4, 0.5) is 0 Å². The van der Waals surface area contributed by atoms with Crippen LogP contribution in [0, 0.1) is 0 Å². The molecule has 2 aromatic rings. The summed E-state index contributed by atoms with van der Waals surface area (Å²) in [7, 11) is 0. The fraction of sp³-hybridized carbons (Fsp3) is 0. The van der Waals surface area contributed by atoms with E-state index in [1.165, 1.54) is 6.07 Å². The molecule has 2 N–H and O–H groups in total. The van der Waals surface area contributed by atoms with Gasteiger partial charge in [0.05, 0.1) is 5.52 Å². The molecule has 66 valence electrons. The topological polar surface area (TPSA) is 57.8 Å². The first-order chi connectivity index (χ1) is 6.33. The third-order valence-corrected chi connectivity index (χ3v) is 1.90. The molecule has 0 saturated heterocycles. The van der Waals surface area contributed by atoms with Crippen LogP contribution in [0.5, 0.6) is 0 Å². The van der Waals surface area contributed by atoms with Gasteiger partial charge in [-0.1, -0.05) is 23.4 Å². The summed E-state index contributed by atoms with van der Waals surface area (Å²) in [6.45, 7) is 0. The Kier molecular flexibility index (Phi) is 1.66. The number of hydrogen-bond donors (Lipinski definition) is 2. The van der Waals surface area contributed by atoms with Crippen molar-refractivity contribution in [3.63, 3.8) is 0 Å². The highest BCUT2D eigenvalue weighted by atomic mass is 16.5. The second kappa shape index (κ2) is 2.82. The van der Waals surface area contributed by atoms with Crippen LogP contribution < -0.4 is 5.49 Å². The lowest BCUT2D eigenvalue weighted by Gasteiger charge is -2.02. The summed E-state index contributed by atoms with van der Waals surface area (Å²) in [4.78, 5) is 0. The zero-order chi connectivity index (χ0) is 9.26. The molecule has 0 unspecified atom stereocenters. The Hall–Kier alpha value is -1.97. The SMILES string of the molecule is ON=c1ccc2ccccc2n1O. The normalized spacial score (nSPS) is 12.2. The maximum atomic E-state index is 9.51. The highest BCUT2D eigenvalue weighted by Crippen LogP contribution is 2.08. The van der Waals surface area contributed by atoms with E-state index in [4.69, 9.17) is 5.21 Å². The van der Waals surface area contributed by atoms with E-state index >= 15 is 0 Å². The molecular weight excluding hydrogens is 168 g/mol. The highest BCUT2D eigenvalue weighted by molar-refractivity contribution is 5.78. The van der Waals surface area contributed by atoms with Crippen LogP contribution in [0.1, 0.15) is 0 Å². The maximum absolute atomic E-state index is 9.51. The molecule has 0 aliphatic rings. The summed E-state index contributed by atoms with van der Waals surface area (Å²) >= 11 is 0. The minimum absolute atomic E-state index is 0.110. The molecule has 2 rings (SSSR count). The first-order valence-corrected chi connectivity index (χ1v) is 3.81. The average molecular weight is 176 g/mol. The maximum Gasteiger partial charge on any atom is 0.207 e. The van der Waals surface area contributed by atoms with Gasteiger partial charge in [-0.2, -0.15) is 4.73 Å². The molecule has 1 aromatic carbocycles. The molecule has 0 saturated carbocycles. The van der Waals surface area contributed by atoms with Crippen molar-refractivity contribution in [2.45, 2.75) is 0 Å². The highest BCUT2D eigenvalue weighted by Gasteiger charge is 1.97. The van der Waals surface area contributed by atoms with Gasteiger partial charge in [0, 0.05) is 5.39 Å². The van der Waals surface area contributed by atoms with Crippen molar-refractivity contribution < 1.29 is 10.4 Å². The van der Waals surface area contributed by atoms with Crippen molar-refractivity contribution in [2.75, 3.05) is 0 Å². The monoisotopic (exact) mass is 176 g/mol. The summed E-state index contributed by atoms with van der Waals surface area (Å²) < 4.78 is 0.843. The molecule has 0 fully saturated rings. The number of fused-ring (bicyclic) bond motifs is 1. The van der Waals surface area contributed by atoms with Crippen molar-refractivity contribution in [3.8, 4) is 0 Å². The number of hydrogen-bond acceptors (Lipinski definition) is 3. The fourth-order valence-corrected chi connectivity index (χ4v) is 1.26. The van der Waals surface area contributed by atoms with Gasteiger partial charge in [0.1, 0.15) is 0 Å². The van der Waals surface area contributed by atoms with Gasteiger partial charge >= 0.3 is 0 Å². The third-order valence-electron chi connectivity index (χ3n) is 1.90. The van der Waals surface area contributed by atoms with E-state index in [0.29, 0.717) is 5.52 Å². The van der Waals surface area contributed by atoms with Crippen LogP contribution in [-0.2, 0) is 0 Å². The zero-order valence-corrected chi connectivity index (χ0v) is 6.75. The Balaban J connectivity index is 2.95. The predicted octanol–water partition coefficient (Wildman–Crippen LogP) is 1.17. The lowest BCUT2D eigenvalue weighted by Crippen LogP contribution is -2.18. The van der Waals surface area contributed by atoms with E-state index in [9.17, 15) is 5.21 Å². The van der Waals surface area contributed by atoms with Gasteiger partial charge in [0.15, 0.2) is 0 Å². The van der Waals surface area contributed by atoms with Crippen molar-refractivity contribution in [1.29, 1.82) is 0 Å². The van der Waals surface area contributed by atoms with E-state index in [2.05, 4.69) is 5.16 Å². The largest absolute Gasteiger partial charge is 0.426 e. The van der Waals surface area contributed by atoms with E-state index in [1.54, 1.807) is 18.2 Å². The first kappa shape index (κ1) is 7.67. The number of nitrogens with zero attached hydrogens (tertiary/aromatic N) is 2. The number of rotatable bonds is 0. The molecule has 0 spiro atoms. The van der Waals surface area contributed by atoms with E-state index in [-0.39, 0.29) is 5.49 Å². The molecule has 0 aliphatic heterocycles. The molecule has 1 aromatic heterocycles. The molecule has 0 bridgehead atoms. The van der Waals surface area contributed by atoms with Crippen LogP contribution in [0.25, 0.3) is 10.9 Å². The second-order valence-electron chi connectivity index (χ2n) is 2.66. The van der Waals surface area contributed by atoms with Crippen LogP contribution in [0.2, 0.25) is 0 Å². The summed E-state index contributed by atoms with van der Waals surface area (Å²) in [5, 5.41) is 21.9. The Morgan fingerprint density at radius 1 is 1.08 bits per heavy atom. The van der Waals surface area contributed by atoms with Crippen LogP contribution in [0.3, 0.4) is 0 Å². The molecule has 13 heavy (non-hydrogen) atoms. The van der Waals surface area contributed by atoms with Gasteiger partial charge in [-0.05, 0) is 18.2 Å². The van der Waals surface area contributed by atoms with Gasteiger partial charge < -0.3 is 10.4 Å². The summed E-state index contributed by atoms with van der Waals surface area (Å²) in [6.07, 6.45) is 0. The van der Waals surface area contributed by atoms with Crippen LogP contribution in [0.15, 0.2) is 41.6 Å². The molecule has 0 atom stereocenters. The second-order valence-corrected chi connectivity index (χ2v) is 2.66. The van der Waals surface area contributed by atoms with Crippen molar-refractivity contribution in [1.82, 2.24) is 4.73 Å². The summed E-state index contributed by atoms with van der Waals surface area (Å²) in [5.74, 6) is 0. The van der Waals surface area contributed by atoms with E-state index in [0.717, 1.165) is 10.1 Å². The quantitative estimate of drug-likeness (QED) is 0.359. The molecule has 0 radical (unpaired) electrons. The molecule has 1 heterocycles. The standard InChI is InChI=1S/C9H8N2O2/c12-10-9-6-5-7-3-1-2-4-8(7)11(9)13/h1-6,12-13H. The number of aromatic nitrogens is 1. The summed E-state index contributed by atoms with van der Waals surface area (Å²) in [6, 6.07) is 10.6. The van der Waals surface area contributed by atoms with Gasteiger partial charge in [0.25, 0.3) is 0 Å². The fourth-order valence-electron chi connectivity index (χ4n) is 1.26. The predicted molar refractivity (Wildman–Crippen MR) is 46.5 cm³/mol. The van der Waals surface area contributed by atoms with E-state index < -0.39 is 0 Å². The molecule has 0 aliphatic carbocycles. The molecule has 4 nitrogen and oxygen atoms in total. The van der Waals surface area contributed by atoms with Crippen LogP contribution >= 0.6 is 0 Å². The van der Waals surface area contributed by atoms with Crippen molar-refractivity contribution >= 4 is 10.9 Å². The number of benzene rings is 1. The van der Waals surface area contributed by atoms with Gasteiger partial charge in [0.2, 0.25) is 5.49 Å². The van der Waals surface area contributed by atoms with Gasteiger partial charge in [-0.25, -0.2) is 0 Å². The van der Waals surface area contributed by atoms with Crippen molar-refractivity contribution in [3.05, 3.63) is 41.9 Å². The Morgan fingerprint density at radius 3 is 2.62 bits per heavy atom. The Morgan fingerprint density at radius 2 is 1.85 bits per heavy atom. The Bertz CT molecular complexity index is 502. The van der Waals surface area contributed by atoms with Gasteiger partial charge in [-0.3, -0.25) is 0 Å². The number of pyridine rings is 1. The molecule has 4 heteroatoms. The summed E-state index contributed by atoms with van der Waals surface area (Å²) in [5.41, 5.74) is 0.719. The van der Waals surface area contributed by atoms with Crippen molar-refractivity contribution in [2.24, 2.45) is 5.16 Å².